The largest absolute Gasteiger partial charge is 0.364 e. The van der Waals surface area contributed by atoms with Gasteiger partial charge >= 0.3 is 5.69 Å². The Kier molecular flexibility index (Phi) is 4.68. The van der Waals surface area contributed by atoms with E-state index in [4.69, 9.17) is 0 Å². The van der Waals surface area contributed by atoms with Gasteiger partial charge in [0.05, 0.1) is 4.92 Å². The molecule has 1 N–H and O–H groups in total. The monoisotopic (exact) mass is 264 g/mol. The van der Waals surface area contributed by atoms with Gasteiger partial charge < -0.3 is 10.2 Å². The van der Waals surface area contributed by atoms with E-state index in [9.17, 15) is 10.1 Å². The van der Waals surface area contributed by atoms with Crippen molar-refractivity contribution < 1.29 is 4.92 Å². The first kappa shape index (κ1) is 13.7. The Morgan fingerprint density at radius 3 is 2.89 bits per heavy atom. The summed E-state index contributed by atoms with van der Waals surface area (Å²) < 4.78 is 0. The van der Waals surface area contributed by atoms with Gasteiger partial charge in [-0.3, -0.25) is 10.1 Å². The predicted octanol–water partition coefficient (Wildman–Crippen LogP) is 2.20. The summed E-state index contributed by atoms with van der Waals surface area (Å²) in [7, 11) is 0. The van der Waals surface area contributed by atoms with Crippen LogP contribution in [0, 0.1) is 17.0 Å². The molecule has 1 aliphatic rings. The van der Waals surface area contributed by atoms with E-state index >= 15 is 0 Å². The molecule has 0 radical (unpaired) electrons. The molecule has 0 saturated carbocycles. The molecule has 0 bridgehead atoms. The summed E-state index contributed by atoms with van der Waals surface area (Å²) >= 11 is 0. The van der Waals surface area contributed by atoms with Crippen LogP contribution in [0.4, 0.5) is 11.5 Å². The molecule has 1 saturated heterocycles. The average molecular weight is 264 g/mol. The zero-order valence-corrected chi connectivity index (χ0v) is 11.3. The van der Waals surface area contributed by atoms with Gasteiger partial charge in [-0.25, -0.2) is 4.98 Å². The number of rotatable bonds is 6. The molecule has 1 aromatic rings. The highest BCUT2D eigenvalue weighted by atomic mass is 16.6. The molecule has 6 heteroatoms. The molecule has 2 rings (SSSR count). The number of aryl methyl sites for hydroxylation is 1. The second kappa shape index (κ2) is 6.47. The Morgan fingerprint density at radius 2 is 2.21 bits per heavy atom. The number of nitro groups is 1. The molecule has 0 spiro atoms. The van der Waals surface area contributed by atoms with Crippen LogP contribution in [0.3, 0.4) is 0 Å². The lowest BCUT2D eigenvalue weighted by molar-refractivity contribution is -0.384. The quantitative estimate of drug-likeness (QED) is 0.484. The number of hydrogen-bond acceptors (Lipinski definition) is 5. The SMILES string of the molecule is Cc1cnc(NCCCN2CCCC2)c([N+](=O)[O-])c1. The zero-order chi connectivity index (χ0) is 13.7. The molecule has 1 aliphatic heterocycles. The fraction of sp³-hybridized carbons (Fsp3) is 0.615. The number of hydrogen-bond donors (Lipinski definition) is 1. The highest BCUT2D eigenvalue weighted by molar-refractivity contribution is 5.56. The van der Waals surface area contributed by atoms with Crippen LogP contribution in [0.25, 0.3) is 0 Å². The van der Waals surface area contributed by atoms with Crippen LogP contribution >= 0.6 is 0 Å². The van der Waals surface area contributed by atoms with E-state index in [0.29, 0.717) is 12.4 Å². The minimum Gasteiger partial charge on any atom is -0.364 e. The fourth-order valence-electron chi connectivity index (χ4n) is 2.34. The lowest BCUT2D eigenvalue weighted by Gasteiger charge is -2.14. The van der Waals surface area contributed by atoms with E-state index in [2.05, 4.69) is 15.2 Å². The van der Waals surface area contributed by atoms with E-state index in [1.54, 1.807) is 19.2 Å². The Bertz CT molecular complexity index is 444. The van der Waals surface area contributed by atoms with E-state index < -0.39 is 0 Å². The molecule has 1 fully saturated rings. The summed E-state index contributed by atoms with van der Waals surface area (Å²) in [6.07, 6.45) is 5.21. The Morgan fingerprint density at radius 1 is 1.47 bits per heavy atom. The second-order valence-corrected chi connectivity index (χ2v) is 4.97. The van der Waals surface area contributed by atoms with E-state index in [-0.39, 0.29) is 10.6 Å². The van der Waals surface area contributed by atoms with Crippen molar-refractivity contribution in [2.45, 2.75) is 26.2 Å². The smallest absolute Gasteiger partial charge is 0.311 e. The van der Waals surface area contributed by atoms with Crippen molar-refractivity contribution in [1.82, 2.24) is 9.88 Å². The van der Waals surface area contributed by atoms with Crippen LogP contribution < -0.4 is 5.32 Å². The van der Waals surface area contributed by atoms with Crippen molar-refractivity contribution in [3.8, 4) is 0 Å². The van der Waals surface area contributed by atoms with Gasteiger partial charge in [-0.15, -0.1) is 0 Å². The highest BCUT2D eigenvalue weighted by Crippen LogP contribution is 2.22. The van der Waals surface area contributed by atoms with Gasteiger partial charge in [0.25, 0.3) is 0 Å². The Labute approximate surface area is 113 Å². The van der Waals surface area contributed by atoms with Crippen LogP contribution in [0.15, 0.2) is 12.3 Å². The molecule has 0 atom stereocenters. The first-order chi connectivity index (χ1) is 9.16. The molecular formula is C13H20N4O2. The van der Waals surface area contributed by atoms with Gasteiger partial charge in [0.1, 0.15) is 0 Å². The first-order valence-corrected chi connectivity index (χ1v) is 6.74. The number of pyridine rings is 1. The Balaban J connectivity index is 1.83. The summed E-state index contributed by atoms with van der Waals surface area (Å²) in [5, 5.41) is 14.0. The van der Waals surface area contributed by atoms with Gasteiger partial charge in [0, 0.05) is 18.8 Å². The van der Waals surface area contributed by atoms with Crippen molar-refractivity contribution in [3.05, 3.63) is 27.9 Å². The summed E-state index contributed by atoms with van der Waals surface area (Å²) in [6, 6.07) is 1.55. The van der Waals surface area contributed by atoms with Crippen LogP contribution in [0.2, 0.25) is 0 Å². The molecule has 1 aromatic heterocycles. The topological polar surface area (TPSA) is 71.3 Å². The molecule has 19 heavy (non-hydrogen) atoms. The summed E-state index contributed by atoms with van der Waals surface area (Å²) in [5.41, 5.74) is 0.857. The maximum atomic E-state index is 10.9. The molecule has 0 unspecified atom stereocenters. The number of nitrogens with zero attached hydrogens (tertiary/aromatic N) is 3. The lowest BCUT2D eigenvalue weighted by atomic mass is 10.3. The van der Waals surface area contributed by atoms with Crippen LogP contribution in [-0.4, -0.2) is 41.0 Å². The molecule has 0 amide bonds. The van der Waals surface area contributed by atoms with Crippen molar-refractivity contribution in [1.29, 1.82) is 0 Å². The maximum Gasteiger partial charge on any atom is 0.311 e. The summed E-state index contributed by atoms with van der Waals surface area (Å²) in [5.74, 6) is 0.372. The zero-order valence-electron chi connectivity index (χ0n) is 11.3. The minimum absolute atomic E-state index is 0.0566. The third-order valence-electron chi connectivity index (χ3n) is 3.34. The van der Waals surface area contributed by atoms with Gasteiger partial charge in [-0.2, -0.15) is 0 Å². The number of likely N-dealkylation sites (tertiary alicyclic amines) is 1. The number of anilines is 1. The van der Waals surface area contributed by atoms with E-state index in [1.807, 2.05) is 0 Å². The normalized spacial score (nSPS) is 15.6. The van der Waals surface area contributed by atoms with E-state index in [0.717, 1.165) is 18.5 Å². The third kappa shape index (κ3) is 3.89. The molecule has 0 aromatic carbocycles. The first-order valence-electron chi connectivity index (χ1n) is 6.74. The van der Waals surface area contributed by atoms with Crippen LogP contribution in [0.5, 0.6) is 0 Å². The lowest BCUT2D eigenvalue weighted by Crippen LogP contribution is -2.22. The summed E-state index contributed by atoms with van der Waals surface area (Å²) in [6.45, 7) is 5.93. The van der Waals surface area contributed by atoms with Crippen LogP contribution in [0.1, 0.15) is 24.8 Å². The van der Waals surface area contributed by atoms with Crippen LogP contribution in [-0.2, 0) is 0 Å². The second-order valence-electron chi connectivity index (χ2n) is 4.97. The van der Waals surface area contributed by atoms with Gasteiger partial charge in [-0.1, -0.05) is 0 Å². The fourth-order valence-corrected chi connectivity index (χ4v) is 2.34. The van der Waals surface area contributed by atoms with Gasteiger partial charge in [-0.05, 0) is 51.4 Å². The Hall–Kier alpha value is -1.69. The maximum absolute atomic E-state index is 10.9. The molecular weight excluding hydrogens is 244 g/mol. The van der Waals surface area contributed by atoms with Gasteiger partial charge in [0.15, 0.2) is 0 Å². The van der Waals surface area contributed by atoms with Crippen molar-refractivity contribution in [3.63, 3.8) is 0 Å². The van der Waals surface area contributed by atoms with Crippen molar-refractivity contribution >= 4 is 11.5 Å². The minimum atomic E-state index is -0.386. The standard InChI is InChI=1S/C13H20N4O2/c1-11-9-12(17(18)19)13(15-10-11)14-5-4-8-16-6-2-3-7-16/h9-10H,2-8H2,1H3,(H,14,15). The molecule has 0 aliphatic carbocycles. The molecule has 104 valence electrons. The van der Waals surface area contributed by atoms with Crippen molar-refractivity contribution in [2.24, 2.45) is 0 Å². The highest BCUT2D eigenvalue weighted by Gasteiger charge is 2.15. The van der Waals surface area contributed by atoms with Gasteiger partial charge in [0.2, 0.25) is 5.82 Å². The van der Waals surface area contributed by atoms with Crippen molar-refractivity contribution in [2.75, 3.05) is 31.5 Å². The molecule has 2 heterocycles. The number of nitrogens with one attached hydrogen (secondary N) is 1. The van der Waals surface area contributed by atoms with E-state index in [1.165, 1.54) is 25.9 Å². The third-order valence-corrected chi connectivity index (χ3v) is 3.34. The summed E-state index contributed by atoms with van der Waals surface area (Å²) in [4.78, 5) is 17.1. The number of aromatic nitrogens is 1. The predicted molar refractivity (Wildman–Crippen MR) is 74.4 cm³/mol. The molecule has 6 nitrogen and oxygen atoms in total. The average Bonchev–Trinajstić information content (AvgIpc) is 2.89.